The molecule has 0 heterocycles. The quantitative estimate of drug-likeness (QED) is 0.915. The second-order valence-corrected chi connectivity index (χ2v) is 4.82. The van der Waals surface area contributed by atoms with E-state index in [0.717, 1.165) is 11.1 Å². The minimum absolute atomic E-state index is 0.165. The number of hydrogen-bond acceptors (Lipinski definition) is 2. The average molecular weight is 280 g/mol. The van der Waals surface area contributed by atoms with Gasteiger partial charge in [-0.2, -0.15) is 0 Å². The largest absolute Gasteiger partial charge is 0.489 e. The Morgan fingerprint density at radius 3 is 2.53 bits per heavy atom. The lowest BCUT2D eigenvalue weighted by Gasteiger charge is -2.14. The Morgan fingerprint density at radius 1 is 1.21 bits per heavy atom. The number of rotatable bonds is 4. The van der Waals surface area contributed by atoms with Crippen molar-refractivity contribution in [2.45, 2.75) is 19.6 Å². The molecule has 2 nitrogen and oxygen atoms in total. The maximum Gasteiger partial charge on any atom is 0.124 e. The third-order valence-electron chi connectivity index (χ3n) is 2.77. The number of nitrogens with two attached hydrogens (primary N) is 1. The second-order valence-electron chi connectivity index (χ2n) is 4.39. The molecule has 100 valence electrons. The Balaban J connectivity index is 2.13. The molecule has 0 unspecified atom stereocenters. The van der Waals surface area contributed by atoms with Crippen LogP contribution in [0.15, 0.2) is 42.5 Å². The maximum atomic E-state index is 12.8. The van der Waals surface area contributed by atoms with Gasteiger partial charge in [0.25, 0.3) is 0 Å². The molecule has 0 aliphatic heterocycles. The molecule has 0 saturated heterocycles. The number of halogens is 2. The van der Waals surface area contributed by atoms with Crippen molar-refractivity contribution in [3.05, 3.63) is 64.4 Å². The molecule has 2 aromatic carbocycles. The summed E-state index contributed by atoms with van der Waals surface area (Å²) in [7, 11) is 0. The van der Waals surface area contributed by atoms with E-state index in [4.69, 9.17) is 22.1 Å². The summed E-state index contributed by atoms with van der Waals surface area (Å²) in [4.78, 5) is 0. The van der Waals surface area contributed by atoms with Crippen LogP contribution in [0.3, 0.4) is 0 Å². The first-order valence-corrected chi connectivity index (χ1v) is 6.36. The summed E-state index contributed by atoms with van der Waals surface area (Å²) in [5.74, 6) is 0.440. The molecular formula is C15H15ClFNO. The molecule has 2 aromatic rings. The van der Waals surface area contributed by atoms with Crippen LogP contribution in [0.4, 0.5) is 4.39 Å². The molecule has 0 aliphatic rings. The highest BCUT2D eigenvalue weighted by atomic mass is 35.5. The first-order valence-electron chi connectivity index (χ1n) is 5.98. The Hall–Kier alpha value is -1.58. The zero-order valence-electron chi connectivity index (χ0n) is 10.6. The summed E-state index contributed by atoms with van der Waals surface area (Å²) in [6.45, 7) is 2.23. The SMILES string of the molecule is C[C@@H](N)c1cc(Cl)ccc1OCc1ccc(F)cc1. The fourth-order valence-corrected chi connectivity index (χ4v) is 1.93. The second kappa shape index (κ2) is 6.04. The van der Waals surface area contributed by atoms with Crippen molar-refractivity contribution in [1.82, 2.24) is 0 Å². The lowest BCUT2D eigenvalue weighted by molar-refractivity contribution is 0.301. The summed E-state index contributed by atoms with van der Waals surface area (Å²) >= 11 is 5.94. The Bertz CT molecular complexity index is 555. The standard InChI is InChI=1S/C15H15ClFNO/c1-10(18)14-8-12(16)4-7-15(14)19-9-11-2-5-13(17)6-3-11/h2-8,10H,9,18H2,1H3/t10-/m1/s1. The van der Waals surface area contributed by atoms with Gasteiger partial charge in [0.1, 0.15) is 18.2 Å². The first kappa shape index (κ1) is 13.8. The van der Waals surface area contributed by atoms with Crippen molar-refractivity contribution in [2.75, 3.05) is 0 Å². The monoisotopic (exact) mass is 279 g/mol. The molecule has 0 bridgehead atoms. The topological polar surface area (TPSA) is 35.2 Å². The van der Waals surface area contributed by atoms with E-state index in [1.165, 1.54) is 12.1 Å². The Morgan fingerprint density at radius 2 is 1.89 bits per heavy atom. The zero-order valence-corrected chi connectivity index (χ0v) is 11.3. The molecule has 0 spiro atoms. The van der Waals surface area contributed by atoms with Crippen LogP contribution in [0, 0.1) is 5.82 Å². The number of ether oxygens (including phenoxy) is 1. The molecule has 0 aliphatic carbocycles. The van der Waals surface area contributed by atoms with E-state index in [2.05, 4.69) is 0 Å². The maximum absolute atomic E-state index is 12.8. The van der Waals surface area contributed by atoms with Crippen molar-refractivity contribution < 1.29 is 9.13 Å². The minimum atomic E-state index is -0.258. The molecule has 2 rings (SSSR count). The molecule has 2 N–H and O–H groups in total. The van der Waals surface area contributed by atoms with Crippen molar-refractivity contribution in [3.63, 3.8) is 0 Å². The van der Waals surface area contributed by atoms with Crippen LogP contribution in [0.2, 0.25) is 5.02 Å². The van der Waals surface area contributed by atoms with E-state index >= 15 is 0 Å². The zero-order chi connectivity index (χ0) is 13.8. The van der Waals surface area contributed by atoms with Gasteiger partial charge in [0.2, 0.25) is 0 Å². The van der Waals surface area contributed by atoms with E-state index in [-0.39, 0.29) is 11.9 Å². The van der Waals surface area contributed by atoms with Gasteiger partial charge in [-0.05, 0) is 42.8 Å². The van der Waals surface area contributed by atoms with Crippen molar-refractivity contribution in [3.8, 4) is 5.75 Å². The van der Waals surface area contributed by atoms with Gasteiger partial charge in [-0.15, -0.1) is 0 Å². The van der Waals surface area contributed by atoms with E-state index in [0.29, 0.717) is 17.4 Å². The van der Waals surface area contributed by atoms with E-state index in [9.17, 15) is 4.39 Å². The highest BCUT2D eigenvalue weighted by Crippen LogP contribution is 2.27. The van der Waals surface area contributed by atoms with Crippen LogP contribution in [-0.2, 0) is 6.61 Å². The van der Waals surface area contributed by atoms with Gasteiger partial charge in [-0.25, -0.2) is 4.39 Å². The molecule has 1 atom stereocenters. The van der Waals surface area contributed by atoms with Crippen molar-refractivity contribution in [1.29, 1.82) is 0 Å². The van der Waals surface area contributed by atoms with Crippen LogP contribution in [0.5, 0.6) is 5.75 Å². The third-order valence-corrected chi connectivity index (χ3v) is 3.01. The Kier molecular flexibility index (Phi) is 4.40. The molecule has 0 fully saturated rings. The first-order chi connectivity index (χ1) is 9.06. The van der Waals surface area contributed by atoms with Crippen LogP contribution in [0.1, 0.15) is 24.1 Å². The summed E-state index contributed by atoms with van der Waals surface area (Å²) < 4.78 is 18.5. The van der Waals surface area contributed by atoms with Gasteiger partial charge in [0.05, 0.1) is 0 Å². The predicted octanol–water partition coefficient (Wildman–Crippen LogP) is 4.08. The van der Waals surface area contributed by atoms with Crippen molar-refractivity contribution >= 4 is 11.6 Å². The molecule has 0 amide bonds. The normalized spacial score (nSPS) is 12.2. The smallest absolute Gasteiger partial charge is 0.124 e. The van der Waals surface area contributed by atoms with Gasteiger partial charge >= 0.3 is 0 Å². The van der Waals surface area contributed by atoms with Crippen LogP contribution >= 0.6 is 11.6 Å². The number of benzene rings is 2. The van der Waals surface area contributed by atoms with Gasteiger partial charge in [-0.3, -0.25) is 0 Å². The minimum Gasteiger partial charge on any atom is -0.489 e. The Labute approximate surface area is 117 Å². The van der Waals surface area contributed by atoms with Crippen molar-refractivity contribution in [2.24, 2.45) is 5.73 Å². The number of hydrogen-bond donors (Lipinski definition) is 1. The highest BCUT2D eigenvalue weighted by Gasteiger charge is 2.09. The lowest BCUT2D eigenvalue weighted by atomic mass is 10.1. The highest BCUT2D eigenvalue weighted by molar-refractivity contribution is 6.30. The van der Waals surface area contributed by atoms with E-state index < -0.39 is 0 Å². The van der Waals surface area contributed by atoms with Gasteiger partial charge < -0.3 is 10.5 Å². The molecule has 19 heavy (non-hydrogen) atoms. The predicted molar refractivity (Wildman–Crippen MR) is 74.8 cm³/mol. The average Bonchev–Trinajstić information content (AvgIpc) is 2.39. The van der Waals surface area contributed by atoms with Crippen LogP contribution in [0.25, 0.3) is 0 Å². The molecule has 4 heteroatoms. The van der Waals surface area contributed by atoms with E-state index in [1.807, 2.05) is 6.92 Å². The van der Waals surface area contributed by atoms with Gasteiger partial charge in [0.15, 0.2) is 0 Å². The fraction of sp³-hybridized carbons (Fsp3) is 0.200. The fourth-order valence-electron chi connectivity index (χ4n) is 1.75. The summed E-state index contributed by atoms with van der Waals surface area (Å²) in [6, 6.07) is 11.4. The molecule has 0 aromatic heterocycles. The summed E-state index contributed by atoms with van der Waals surface area (Å²) in [5, 5.41) is 0.626. The van der Waals surface area contributed by atoms with E-state index in [1.54, 1.807) is 30.3 Å². The third kappa shape index (κ3) is 3.69. The van der Waals surface area contributed by atoms with Crippen LogP contribution < -0.4 is 10.5 Å². The van der Waals surface area contributed by atoms with Gasteiger partial charge in [-0.1, -0.05) is 23.7 Å². The lowest BCUT2D eigenvalue weighted by Crippen LogP contribution is -2.08. The van der Waals surface area contributed by atoms with Crippen LogP contribution in [-0.4, -0.2) is 0 Å². The summed E-state index contributed by atoms with van der Waals surface area (Å²) in [6.07, 6.45) is 0. The summed E-state index contributed by atoms with van der Waals surface area (Å²) in [5.41, 5.74) is 7.64. The molecule has 0 radical (unpaired) electrons. The molecule has 0 saturated carbocycles. The molecular weight excluding hydrogens is 265 g/mol. The van der Waals surface area contributed by atoms with Gasteiger partial charge in [0, 0.05) is 16.6 Å².